The number of ether oxygens (including phenoxy) is 2. The molecule has 1 heterocycles. The van der Waals surface area contributed by atoms with Gasteiger partial charge in [0.25, 0.3) is 0 Å². The quantitative estimate of drug-likeness (QED) is 0.907. The van der Waals surface area contributed by atoms with Crippen LogP contribution in [-0.4, -0.2) is 48.9 Å². The first-order chi connectivity index (χ1) is 9.52. The molecule has 0 amide bonds. The van der Waals surface area contributed by atoms with E-state index in [2.05, 4.69) is 12.1 Å². The zero-order valence-electron chi connectivity index (χ0n) is 12.2. The Labute approximate surface area is 119 Å². The number of hydrogen-bond acceptors (Lipinski definition) is 4. The number of hydrogen-bond donors (Lipinski definition) is 1. The first-order valence-electron chi connectivity index (χ1n) is 6.71. The van der Waals surface area contributed by atoms with Crippen molar-refractivity contribution < 1.29 is 19.4 Å². The topological polar surface area (TPSA) is 59.0 Å². The SMILES string of the molecule is COc1c(C)cc(C)cc1CN1CCOC[C@@H]1C(=O)O. The summed E-state index contributed by atoms with van der Waals surface area (Å²) in [6.07, 6.45) is 0. The Balaban J connectivity index is 2.26. The van der Waals surface area contributed by atoms with Gasteiger partial charge in [0.2, 0.25) is 0 Å². The zero-order chi connectivity index (χ0) is 14.7. The Morgan fingerprint density at radius 2 is 2.25 bits per heavy atom. The van der Waals surface area contributed by atoms with Gasteiger partial charge in [0.15, 0.2) is 0 Å². The van der Waals surface area contributed by atoms with Gasteiger partial charge in [-0.15, -0.1) is 0 Å². The Bertz CT molecular complexity index is 501. The highest BCUT2D eigenvalue weighted by molar-refractivity contribution is 5.73. The summed E-state index contributed by atoms with van der Waals surface area (Å²) in [7, 11) is 1.65. The van der Waals surface area contributed by atoms with Crippen LogP contribution in [0.4, 0.5) is 0 Å². The van der Waals surface area contributed by atoms with Gasteiger partial charge in [0.1, 0.15) is 11.8 Å². The van der Waals surface area contributed by atoms with Crippen LogP contribution >= 0.6 is 0 Å². The number of aliphatic carboxylic acids is 1. The second-order valence-electron chi connectivity index (χ2n) is 5.17. The third-order valence-corrected chi connectivity index (χ3v) is 3.60. The lowest BCUT2D eigenvalue weighted by molar-refractivity contribution is -0.150. The van der Waals surface area contributed by atoms with Crippen molar-refractivity contribution in [2.75, 3.05) is 26.9 Å². The lowest BCUT2D eigenvalue weighted by atomic mass is 10.0. The molecule has 0 radical (unpaired) electrons. The highest BCUT2D eigenvalue weighted by Gasteiger charge is 2.29. The molecular weight excluding hydrogens is 258 g/mol. The van der Waals surface area contributed by atoms with Crippen LogP contribution < -0.4 is 4.74 Å². The van der Waals surface area contributed by atoms with Crippen LogP contribution in [0.2, 0.25) is 0 Å². The number of rotatable bonds is 4. The lowest BCUT2D eigenvalue weighted by Crippen LogP contribution is -2.49. The van der Waals surface area contributed by atoms with Crippen LogP contribution in [0.1, 0.15) is 16.7 Å². The van der Waals surface area contributed by atoms with E-state index in [-0.39, 0.29) is 6.61 Å². The largest absolute Gasteiger partial charge is 0.496 e. The molecule has 1 aromatic rings. The van der Waals surface area contributed by atoms with Gasteiger partial charge in [0.05, 0.1) is 20.3 Å². The molecule has 1 N–H and O–H groups in total. The number of carboxylic acid groups (broad SMARTS) is 1. The van der Waals surface area contributed by atoms with Gasteiger partial charge < -0.3 is 14.6 Å². The summed E-state index contributed by atoms with van der Waals surface area (Å²) in [4.78, 5) is 13.2. The molecule has 0 unspecified atom stereocenters. The molecule has 0 spiro atoms. The van der Waals surface area contributed by atoms with Crippen LogP contribution in [0.15, 0.2) is 12.1 Å². The van der Waals surface area contributed by atoms with Crippen molar-refractivity contribution in [3.63, 3.8) is 0 Å². The number of benzene rings is 1. The molecule has 1 aliphatic heterocycles. The normalized spacial score (nSPS) is 19.9. The first kappa shape index (κ1) is 14.8. The predicted octanol–water partition coefficient (Wildman–Crippen LogP) is 1.60. The van der Waals surface area contributed by atoms with Gasteiger partial charge in [-0.3, -0.25) is 9.69 Å². The van der Waals surface area contributed by atoms with Gasteiger partial charge in [-0.05, 0) is 19.4 Å². The fourth-order valence-electron chi connectivity index (χ4n) is 2.73. The molecule has 20 heavy (non-hydrogen) atoms. The summed E-state index contributed by atoms with van der Waals surface area (Å²) in [6, 6.07) is 3.53. The monoisotopic (exact) mass is 279 g/mol. The number of methoxy groups -OCH3 is 1. The minimum absolute atomic E-state index is 0.239. The van der Waals surface area contributed by atoms with E-state index in [1.54, 1.807) is 7.11 Å². The number of carboxylic acids is 1. The van der Waals surface area contributed by atoms with Gasteiger partial charge in [0, 0.05) is 18.7 Å². The molecule has 0 aliphatic carbocycles. The van der Waals surface area contributed by atoms with Crippen molar-refractivity contribution in [3.8, 4) is 5.75 Å². The Hall–Kier alpha value is -1.59. The molecule has 5 heteroatoms. The molecule has 1 aliphatic rings. The van der Waals surface area contributed by atoms with Crippen LogP contribution in [-0.2, 0) is 16.1 Å². The predicted molar refractivity (Wildman–Crippen MR) is 75.1 cm³/mol. The summed E-state index contributed by atoms with van der Waals surface area (Å²) in [5.41, 5.74) is 3.25. The molecule has 2 rings (SSSR count). The summed E-state index contributed by atoms with van der Waals surface area (Å²) >= 11 is 0. The maximum Gasteiger partial charge on any atom is 0.323 e. The van der Waals surface area contributed by atoms with Crippen molar-refractivity contribution in [1.82, 2.24) is 4.90 Å². The average Bonchev–Trinajstić information content (AvgIpc) is 2.38. The van der Waals surface area contributed by atoms with Gasteiger partial charge in [-0.2, -0.15) is 0 Å². The molecule has 1 aromatic carbocycles. The Morgan fingerprint density at radius 3 is 2.90 bits per heavy atom. The molecular formula is C15H21NO4. The standard InChI is InChI=1S/C15H21NO4/c1-10-6-11(2)14(19-3)12(7-10)8-16-4-5-20-9-13(16)15(17)18/h6-7,13H,4-5,8-9H2,1-3H3,(H,17,18)/t13-/m1/s1. The van der Waals surface area contributed by atoms with E-state index in [4.69, 9.17) is 9.47 Å². The van der Waals surface area contributed by atoms with E-state index in [0.717, 1.165) is 22.4 Å². The third kappa shape index (κ3) is 3.11. The second kappa shape index (κ2) is 6.24. The van der Waals surface area contributed by atoms with Gasteiger partial charge in [-0.25, -0.2) is 0 Å². The molecule has 0 saturated carbocycles. The first-order valence-corrected chi connectivity index (χ1v) is 6.71. The van der Waals surface area contributed by atoms with Crippen molar-refractivity contribution in [1.29, 1.82) is 0 Å². The summed E-state index contributed by atoms with van der Waals surface area (Å²) in [5, 5.41) is 9.27. The second-order valence-corrected chi connectivity index (χ2v) is 5.17. The van der Waals surface area contributed by atoms with E-state index in [1.165, 1.54) is 0 Å². The third-order valence-electron chi connectivity index (χ3n) is 3.60. The van der Waals surface area contributed by atoms with Gasteiger partial charge >= 0.3 is 5.97 Å². The molecule has 110 valence electrons. The molecule has 1 saturated heterocycles. The number of morpholine rings is 1. The number of nitrogens with zero attached hydrogens (tertiary/aromatic N) is 1. The van der Waals surface area contributed by atoms with E-state index >= 15 is 0 Å². The molecule has 5 nitrogen and oxygen atoms in total. The zero-order valence-corrected chi connectivity index (χ0v) is 12.2. The maximum absolute atomic E-state index is 11.3. The summed E-state index contributed by atoms with van der Waals surface area (Å²) in [5.74, 6) is -0.000674. The fraction of sp³-hybridized carbons (Fsp3) is 0.533. The van der Waals surface area contributed by atoms with Crippen molar-refractivity contribution in [2.45, 2.75) is 26.4 Å². The minimum atomic E-state index is -0.840. The highest BCUT2D eigenvalue weighted by atomic mass is 16.5. The van der Waals surface area contributed by atoms with Crippen LogP contribution in [0.3, 0.4) is 0 Å². The van der Waals surface area contributed by atoms with E-state index in [1.807, 2.05) is 18.7 Å². The lowest BCUT2D eigenvalue weighted by Gasteiger charge is -2.33. The van der Waals surface area contributed by atoms with Crippen molar-refractivity contribution in [2.24, 2.45) is 0 Å². The van der Waals surface area contributed by atoms with Crippen LogP contribution in [0.25, 0.3) is 0 Å². The average molecular weight is 279 g/mol. The van der Waals surface area contributed by atoms with Crippen LogP contribution in [0, 0.1) is 13.8 Å². The molecule has 0 bridgehead atoms. The number of aryl methyl sites for hydroxylation is 2. The minimum Gasteiger partial charge on any atom is -0.496 e. The number of carbonyl (C=O) groups is 1. The summed E-state index contributed by atoms with van der Waals surface area (Å²) < 4.78 is 10.7. The van der Waals surface area contributed by atoms with Crippen molar-refractivity contribution in [3.05, 3.63) is 28.8 Å². The van der Waals surface area contributed by atoms with Gasteiger partial charge in [-0.1, -0.05) is 17.7 Å². The van der Waals surface area contributed by atoms with E-state index in [0.29, 0.717) is 19.7 Å². The highest BCUT2D eigenvalue weighted by Crippen LogP contribution is 2.27. The molecule has 1 fully saturated rings. The van der Waals surface area contributed by atoms with E-state index in [9.17, 15) is 9.90 Å². The van der Waals surface area contributed by atoms with E-state index < -0.39 is 12.0 Å². The molecule has 1 atom stereocenters. The molecule has 0 aromatic heterocycles. The maximum atomic E-state index is 11.3. The summed E-state index contributed by atoms with van der Waals surface area (Å²) in [6.45, 7) is 6.02. The van der Waals surface area contributed by atoms with Crippen molar-refractivity contribution >= 4 is 5.97 Å². The Kier molecular flexibility index (Phi) is 4.62. The smallest absolute Gasteiger partial charge is 0.323 e. The van der Waals surface area contributed by atoms with Crippen LogP contribution in [0.5, 0.6) is 5.75 Å². The Morgan fingerprint density at radius 1 is 1.50 bits per heavy atom. The fourth-order valence-corrected chi connectivity index (χ4v) is 2.73.